The molecule has 3 aromatic rings. The smallest absolute Gasteiger partial charge is 0.329 e. The summed E-state index contributed by atoms with van der Waals surface area (Å²) in [5.41, 5.74) is 7.52. The predicted molar refractivity (Wildman–Crippen MR) is 108 cm³/mol. The third-order valence-corrected chi connectivity index (χ3v) is 4.73. The molecule has 0 bridgehead atoms. The van der Waals surface area contributed by atoms with Crippen LogP contribution in [0.25, 0.3) is 11.0 Å². The van der Waals surface area contributed by atoms with Crippen LogP contribution in [0.1, 0.15) is 18.9 Å². The van der Waals surface area contributed by atoms with E-state index in [9.17, 15) is 14.4 Å². The molecule has 2 amide bonds. The first-order valence-corrected chi connectivity index (χ1v) is 9.29. The number of nitrogens with two attached hydrogens (primary N) is 1. The molecule has 0 saturated heterocycles. The van der Waals surface area contributed by atoms with Gasteiger partial charge in [-0.05, 0) is 24.6 Å². The van der Waals surface area contributed by atoms with Crippen LogP contribution in [0.3, 0.4) is 0 Å². The molecule has 1 aromatic heterocycles. The quantitative estimate of drug-likeness (QED) is 0.645. The molecule has 7 nitrogen and oxygen atoms in total. The lowest BCUT2D eigenvalue weighted by Gasteiger charge is -2.22. The number of aromatic nitrogens is 2. The second-order valence-electron chi connectivity index (χ2n) is 6.62. The lowest BCUT2D eigenvalue weighted by atomic mass is 10.2. The highest BCUT2D eigenvalue weighted by atomic mass is 16.2. The molecule has 0 saturated carbocycles. The van der Waals surface area contributed by atoms with E-state index in [4.69, 9.17) is 5.73 Å². The van der Waals surface area contributed by atoms with Gasteiger partial charge in [-0.25, -0.2) is 4.79 Å². The van der Waals surface area contributed by atoms with Gasteiger partial charge in [-0.15, -0.1) is 0 Å². The maximum Gasteiger partial charge on any atom is 0.329 e. The maximum absolute atomic E-state index is 13.0. The minimum atomic E-state index is -0.467. The second-order valence-corrected chi connectivity index (χ2v) is 6.62. The summed E-state index contributed by atoms with van der Waals surface area (Å²) in [4.78, 5) is 38.6. The van der Waals surface area contributed by atoms with Crippen molar-refractivity contribution in [3.63, 3.8) is 0 Å². The first-order chi connectivity index (χ1) is 13.5. The third-order valence-electron chi connectivity index (χ3n) is 4.73. The zero-order valence-corrected chi connectivity index (χ0v) is 15.9. The number of hydrogen-bond acceptors (Lipinski definition) is 3. The van der Waals surface area contributed by atoms with Crippen molar-refractivity contribution in [2.75, 3.05) is 6.54 Å². The highest BCUT2D eigenvalue weighted by Gasteiger charge is 2.19. The average Bonchev–Trinajstić information content (AvgIpc) is 2.96. The van der Waals surface area contributed by atoms with Gasteiger partial charge in [0.15, 0.2) is 0 Å². The van der Waals surface area contributed by atoms with E-state index in [0.29, 0.717) is 13.1 Å². The molecule has 2 aromatic carbocycles. The molecular formula is C21H24N4O3. The van der Waals surface area contributed by atoms with Gasteiger partial charge in [0, 0.05) is 26.1 Å². The maximum atomic E-state index is 13.0. The molecule has 1 heterocycles. The fourth-order valence-electron chi connectivity index (χ4n) is 3.31. The van der Waals surface area contributed by atoms with E-state index in [-0.39, 0.29) is 31.1 Å². The largest absolute Gasteiger partial charge is 0.370 e. The number of primary amides is 1. The SMILES string of the molecule is CCn1c(=O)n(CC(=O)N(CCC(N)=O)Cc2ccccc2)c2ccccc21. The summed E-state index contributed by atoms with van der Waals surface area (Å²) in [5, 5.41) is 0. The Balaban J connectivity index is 1.89. The van der Waals surface area contributed by atoms with Gasteiger partial charge in [0.1, 0.15) is 6.54 Å². The zero-order valence-electron chi connectivity index (χ0n) is 15.9. The number of amides is 2. The molecule has 0 spiro atoms. The van der Waals surface area contributed by atoms with Crippen molar-refractivity contribution in [3.05, 3.63) is 70.6 Å². The number of aryl methyl sites for hydroxylation is 1. The molecule has 28 heavy (non-hydrogen) atoms. The van der Waals surface area contributed by atoms with Gasteiger partial charge >= 0.3 is 5.69 Å². The Morgan fingerprint density at radius 2 is 1.57 bits per heavy atom. The molecular weight excluding hydrogens is 356 g/mol. The summed E-state index contributed by atoms with van der Waals surface area (Å²) in [7, 11) is 0. The summed E-state index contributed by atoms with van der Waals surface area (Å²) < 4.78 is 3.14. The summed E-state index contributed by atoms with van der Waals surface area (Å²) in [6, 6.07) is 16.9. The van der Waals surface area contributed by atoms with Crippen molar-refractivity contribution in [1.82, 2.24) is 14.0 Å². The first kappa shape index (κ1) is 19.4. The van der Waals surface area contributed by atoms with Crippen LogP contribution < -0.4 is 11.4 Å². The van der Waals surface area contributed by atoms with Gasteiger partial charge in [-0.3, -0.25) is 18.7 Å². The van der Waals surface area contributed by atoms with Crippen molar-refractivity contribution in [2.24, 2.45) is 5.73 Å². The molecule has 7 heteroatoms. The molecule has 0 unspecified atom stereocenters. The third kappa shape index (κ3) is 4.14. The van der Waals surface area contributed by atoms with Crippen LogP contribution in [0.15, 0.2) is 59.4 Å². The summed E-state index contributed by atoms with van der Waals surface area (Å²) in [6.45, 7) is 2.90. The highest BCUT2D eigenvalue weighted by molar-refractivity contribution is 5.81. The average molecular weight is 380 g/mol. The van der Waals surface area contributed by atoms with Crippen molar-refractivity contribution < 1.29 is 9.59 Å². The Bertz CT molecular complexity index is 1040. The lowest BCUT2D eigenvalue weighted by molar-refractivity contribution is -0.133. The van der Waals surface area contributed by atoms with Gasteiger partial charge in [0.2, 0.25) is 11.8 Å². The number of carbonyl (C=O) groups excluding carboxylic acids is 2. The fourth-order valence-corrected chi connectivity index (χ4v) is 3.31. The van der Waals surface area contributed by atoms with Crippen LogP contribution in [0.5, 0.6) is 0 Å². The van der Waals surface area contributed by atoms with Crippen molar-refractivity contribution in [3.8, 4) is 0 Å². The van der Waals surface area contributed by atoms with E-state index < -0.39 is 5.91 Å². The van der Waals surface area contributed by atoms with Crippen LogP contribution in [-0.2, 0) is 29.2 Å². The standard InChI is InChI=1S/C21H24N4O3/c1-2-24-17-10-6-7-11-18(17)25(21(24)28)15-20(27)23(13-12-19(22)26)14-16-8-4-3-5-9-16/h3-11H,2,12-15H2,1H3,(H2,22,26). The molecule has 2 N–H and O–H groups in total. The van der Waals surface area contributed by atoms with Crippen molar-refractivity contribution >= 4 is 22.8 Å². The Hall–Kier alpha value is -3.35. The lowest BCUT2D eigenvalue weighted by Crippen LogP contribution is -2.38. The van der Waals surface area contributed by atoms with Crippen molar-refractivity contribution in [1.29, 1.82) is 0 Å². The number of carbonyl (C=O) groups is 2. The van der Waals surface area contributed by atoms with E-state index in [0.717, 1.165) is 16.6 Å². The number of imidazole rings is 1. The Kier molecular flexibility index (Phi) is 5.93. The molecule has 0 aliphatic rings. The van der Waals surface area contributed by atoms with Gasteiger partial charge < -0.3 is 10.6 Å². The number of rotatable bonds is 8. The predicted octanol–water partition coefficient (Wildman–Crippen LogP) is 1.73. The summed E-state index contributed by atoms with van der Waals surface area (Å²) in [5.74, 6) is -0.697. The van der Waals surface area contributed by atoms with E-state index >= 15 is 0 Å². The van der Waals surface area contributed by atoms with Gasteiger partial charge in [0.05, 0.1) is 11.0 Å². The minimum Gasteiger partial charge on any atom is -0.370 e. The topological polar surface area (TPSA) is 90.3 Å². The van der Waals surface area contributed by atoms with Gasteiger partial charge in [-0.2, -0.15) is 0 Å². The zero-order chi connectivity index (χ0) is 20.1. The monoisotopic (exact) mass is 380 g/mol. The summed E-state index contributed by atoms with van der Waals surface area (Å²) in [6.07, 6.45) is 0.0736. The van der Waals surface area contributed by atoms with E-state index in [2.05, 4.69) is 0 Å². The molecule has 146 valence electrons. The van der Waals surface area contributed by atoms with Crippen LogP contribution in [0.4, 0.5) is 0 Å². The van der Waals surface area contributed by atoms with E-state index in [1.807, 2.05) is 61.5 Å². The van der Waals surface area contributed by atoms with Crippen LogP contribution in [0.2, 0.25) is 0 Å². The fraction of sp³-hybridized carbons (Fsp3) is 0.286. The molecule has 0 aliphatic heterocycles. The van der Waals surface area contributed by atoms with Crippen molar-refractivity contribution in [2.45, 2.75) is 33.0 Å². The summed E-state index contributed by atoms with van der Waals surface area (Å²) >= 11 is 0. The number of nitrogens with zero attached hydrogens (tertiary/aromatic N) is 3. The number of para-hydroxylation sites is 2. The molecule has 0 atom stereocenters. The Morgan fingerprint density at radius 1 is 0.964 bits per heavy atom. The first-order valence-electron chi connectivity index (χ1n) is 9.29. The van der Waals surface area contributed by atoms with E-state index in [1.54, 1.807) is 9.47 Å². The number of fused-ring (bicyclic) bond motifs is 1. The van der Waals surface area contributed by atoms with Gasteiger partial charge in [-0.1, -0.05) is 42.5 Å². The normalized spacial score (nSPS) is 10.9. The minimum absolute atomic E-state index is 0.0736. The molecule has 0 aliphatic carbocycles. The van der Waals surface area contributed by atoms with E-state index in [1.165, 1.54) is 4.57 Å². The Morgan fingerprint density at radius 3 is 2.18 bits per heavy atom. The second kappa shape index (κ2) is 8.56. The van der Waals surface area contributed by atoms with Crippen LogP contribution in [0, 0.1) is 0 Å². The van der Waals surface area contributed by atoms with Crippen LogP contribution in [-0.4, -0.2) is 32.4 Å². The highest BCUT2D eigenvalue weighted by Crippen LogP contribution is 2.14. The molecule has 3 rings (SSSR count). The number of benzene rings is 2. The molecule has 0 radical (unpaired) electrons. The Labute approximate surface area is 163 Å². The van der Waals surface area contributed by atoms with Gasteiger partial charge in [0.25, 0.3) is 0 Å². The van der Waals surface area contributed by atoms with Crippen LogP contribution >= 0.6 is 0 Å². The molecule has 0 fully saturated rings. The number of hydrogen-bond donors (Lipinski definition) is 1.